The predicted octanol–water partition coefficient (Wildman–Crippen LogP) is 4.32. The predicted molar refractivity (Wildman–Crippen MR) is 59.9 cm³/mol. The monoisotopic (exact) mass is 192 g/mol. The highest BCUT2D eigenvalue weighted by atomic mass is 35.5. The number of hydrogen-bond donors (Lipinski definition) is 0. The van der Waals surface area contributed by atoms with Gasteiger partial charge in [-0.2, -0.15) is 0 Å². The van der Waals surface area contributed by atoms with E-state index in [4.69, 9.17) is 11.6 Å². The Labute approximate surface area is 84.5 Å². The molecule has 0 amide bonds. The molecular weight excluding hydrogens is 180 g/mol. The summed E-state index contributed by atoms with van der Waals surface area (Å²) in [4.78, 5) is 0. The lowest BCUT2D eigenvalue weighted by molar-refractivity contribution is 1.24. The first kappa shape index (κ1) is 10.1. The maximum atomic E-state index is 5.86. The van der Waals surface area contributed by atoms with Gasteiger partial charge >= 0.3 is 0 Å². The molecule has 0 nitrogen and oxygen atoms in total. The van der Waals surface area contributed by atoms with Crippen molar-refractivity contribution in [1.82, 2.24) is 0 Å². The van der Waals surface area contributed by atoms with Gasteiger partial charge in [-0.3, -0.25) is 0 Å². The molecule has 13 heavy (non-hydrogen) atoms. The standard InChI is InChI=1S/C12H13Cl/c1-9(2)7-10(3)11-5-4-6-12(13)8-11/h4-6,8H,1,3,7H2,2H3. The Kier molecular flexibility index (Phi) is 3.32. The van der Waals surface area contributed by atoms with Crippen molar-refractivity contribution in [2.45, 2.75) is 13.3 Å². The van der Waals surface area contributed by atoms with E-state index in [9.17, 15) is 0 Å². The Bertz CT molecular complexity index is 337. The molecule has 0 saturated heterocycles. The van der Waals surface area contributed by atoms with Crippen LogP contribution in [0.5, 0.6) is 0 Å². The van der Waals surface area contributed by atoms with E-state index in [0.29, 0.717) is 0 Å². The summed E-state index contributed by atoms with van der Waals surface area (Å²) in [7, 11) is 0. The van der Waals surface area contributed by atoms with E-state index in [1.165, 1.54) is 0 Å². The molecule has 0 atom stereocenters. The van der Waals surface area contributed by atoms with Crippen LogP contribution in [0.4, 0.5) is 0 Å². The first-order chi connectivity index (χ1) is 6.09. The van der Waals surface area contributed by atoms with Crippen LogP contribution < -0.4 is 0 Å². The molecule has 0 N–H and O–H groups in total. The molecule has 0 aliphatic rings. The zero-order valence-electron chi connectivity index (χ0n) is 7.81. The Morgan fingerprint density at radius 1 is 1.38 bits per heavy atom. The highest BCUT2D eigenvalue weighted by Crippen LogP contribution is 2.22. The first-order valence-corrected chi connectivity index (χ1v) is 4.55. The van der Waals surface area contributed by atoms with Gasteiger partial charge < -0.3 is 0 Å². The van der Waals surface area contributed by atoms with Crippen molar-refractivity contribution in [2.24, 2.45) is 0 Å². The van der Waals surface area contributed by atoms with Crippen LogP contribution in [0.25, 0.3) is 5.57 Å². The fourth-order valence-electron chi connectivity index (χ4n) is 1.17. The second kappa shape index (κ2) is 4.29. The Morgan fingerprint density at radius 2 is 2.08 bits per heavy atom. The van der Waals surface area contributed by atoms with Crippen LogP contribution in [-0.2, 0) is 0 Å². The summed E-state index contributed by atoms with van der Waals surface area (Å²) in [6.45, 7) is 9.83. The van der Waals surface area contributed by atoms with E-state index in [1.54, 1.807) is 0 Å². The quantitative estimate of drug-likeness (QED) is 0.626. The highest BCUT2D eigenvalue weighted by molar-refractivity contribution is 6.30. The third-order valence-corrected chi connectivity index (χ3v) is 1.98. The minimum Gasteiger partial charge on any atom is -0.0998 e. The van der Waals surface area contributed by atoms with Gasteiger partial charge in [0.15, 0.2) is 0 Å². The van der Waals surface area contributed by atoms with E-state index >= 15 is 0 Å². The molecule has 68 valence electrons. The van der Waals surface area contributed by atoms with Gasteiger partial charge in [0.25, 0.3) is 0 Å². The first-order valence-electron chi connectivity index (χ1n) is 4.17. The molecule has 0 unspecified atom stereocenters. The van der Waals surface area contributed by atoms with Crippen LogP contribution in [0.1, 0.15) is 18.9 Å². The maximum Gasteiger partial charge on any atom is 0.0412 e. The smallest absolute Gasteiger partial charge is 0.0412 e. The van der Waals surface area contributed by atoms with Gasteiger partial charge in [-0.15, -0.1) is 0 Å². The Hall–Kier alpha value is -1.01. The van der Waals surface area contributed by atoms with Crippen LogP contribution >= 0.6 is 11.6 Å². The average molecular weight is 193 g/mol. The van der Waals surface area contributed by atoms with Gasteiger partial charge in [0.2, 0.25) is 0 Å². The molecular formula is C12H13Cl. The third-order valence-electron chi connectivity index (χ3n) is 1.75. The van der Waals surface area contributed by atoms with Gasteiger partial charge in [-0.05, 0) is 36.6 Å². The summed E-state index contributed by atoms with van der Waals surface area (Å²) in [5.41, 5.74) is 3.27. The third kappa shape index (κ3) is 3.08. The SMILES string of the molecule is C=C(C)CC(=C)c1cccc(Cl)c1. The topological polar surface area (TPSA) is 0 Å². The highest BCUT2D eigenvalue weighted by Gasteiger charge is 1.99. The molecule has 0 heterocycles. The summed E-state index contributed by atoms with van der Waals surface area (Å²) in [5.74, 6) is 0. The van der Waals surface area contributed by atoms with Crippen LogP contribution in [0.15, 0.2) is 43.0 Å². The lowest BCUT2D eigenvalue weighted by Gasteiger charge is -2.05. The zero-order chi connectivity index (χ0) is 9.84. The summed E-state index contributed by atoms with van der Waals surface area (Å²) >= 11 is 5.86. The Morgan fingerprint density at radius 3 is 2.62 bits per heavy atom. The number of rotatable bonds is 3. The maximum absolute atomic E-state index is 5.86. The molecule has 0 aliphatic heterocycles. The number of allylic oxidation sites excluding steroid dienone is 2. The Balaban J connectivity index is 2.83. The van der Waals surface area contributed by atoms with E-state index in [0.717, 1.165) is 28.2 Å². The van der Waals surface area contributed by atoms with Crippen molar-refractivity contribution in [1.29, 1.82) is 0 Å². The van der Waals surface area contributed by atoms with Gasteiger partial charge in [-0.1, -0.05) is 42.5 Å². The number of hydrogen-bond acceptors (Lipinski definition) is 0. The summed E-state index contributed by atoms with van der Waals surface area (Å²) in [6, 6.07) is 7.73. The zero-order valence-corrected chi connectivity index (χ0v) is 8.56. The molecule has 0 bridgehead atoms. The second-order valence-corrected chi connectivity index (χ2v) is 3.68. The van der Waals surface area contributed by atoms with E-state index in [-0.39, 0.29) is 0 Å². The molecule has 0 fully saturated rings. The lowest BCUT2D eigenvalue weighted by atomic mass is 10.0. The van der Waals surface area contributed by atoms with Gasteiger partial charge in [0.1, 0.15) is 0 Å². The summed E-state index contributed by atoms with van der Waals surface area (Å²) in [6.07, 6.45) is 0.834. The van der Waals surface area contributed by atoms with Gasteiger partial charge in [0, 0.05) is 5.02 Å². The van der Waals surface area contributed by atoms with Crippen LogP contribution in [0, 0.1) is 0 Å². The summed E-state index contributed by atoms with van der Waals surface area (Å²) < 4.78 is 0. The van der Waals surface area contributed by atoms with Crippen LogP contribution in [0.3, 0.4) is 0 Å². The van der Waals surface area contributed by atoms with E-state index < -0.39 is 0 Å². The van der Waals surface area contributed by atoms with Crippen LogP contribution in [-0.4, -0.2) is 0 Å². The van der Waals surface area contributed by atoms with E-state index in [1.807, 2.05) is 31.2 Å². The molecule has 0 radical (unpaired) electrons. The fraction of sp³-hybridized carbons (Fsp3) is 0.167. The van der Waals surface area contributed by atoms with Crippen molar-refractivity contribution in [3.05, 3.63) is 53.6 Å². The van der Waals surface area contributed by atoms with Gasteiger partial charge in [-0.25, -0.2) is 0 Å². The molecule has 1 rings (SSSR count). The second-order valence-electron chi connectivity index (χ2n) is 3.25. The van der Waals surface area contributed by atoms with Crippen molar-refractivity contribution in [2.75, 3.05) is 0 Å². The molecule has 1 aromatic carbocycles. The fourth-order valence-corrected chi connectivity index (χ4v) is 1.37. The normalized spacial score (nSPS) is 9.69. The van der Waals surface area contributed by atoms with Crippen LogP contribution in [0.2, 0.25) is 5.02 Å². The van der Waals surface area contributed by atoms with Crippen molar-refractivity contribution >= 4 is 17.2 Å². The lowest BCUT2D eigenvalue weighted by Crippen LogP contribution is -1.83. The molecule has 0 saturated carbocycles. The minimum atomic E-state index is 0.750. The molecule has 1 aromatic rings. The van der Waals surface area contributed by atoms with Crippen molar-refractivity contribution in [3.63, 3.8) is 0 Å². The molecule has 1 heteroatoms. The average Bonchev–Trinajstić information content (AvgIpc) is 2.03. The number of halogens is 1. The van der Waals surface area contributed by atoms with Crippen molar-refractivity contribution in [3.8, 4) is 0 Å². The minimum absolute atomic E-state index is 0.750. The number of benzene rings is 1. The molecule has 0 aliphatic carbocycles. The largest absolute Gasteiger partial charge is 0.0998 e. The van der Waals surface area contributed by atoms with Gasteiger partial charge in [0.05, 0.1) is 0 Å². The van der Waals surface area contributed by atoms with Crippen molar-refractivity contribution < 1.29 is 0 Å². The molecule has 0 aromatic heterocycles. The summed E-state index contributed by atoms with van der Waals surface area (Å²) in [5, 5.41) is 0.750. The molecule has 0 spiro atoms. The van der Waals surface area contributed by atoms with E-state index in [2.05, 4.69) is 13.2 Å².